The summed E-state index contributed by atoms with van der Waals surface area (Å²) in [7, 11) is -9.92. The molecule has 106 heavy (non-hydrogen) atoms. The van der Waals surface area contributed by atoms with Crippen LogP contribution in [0.2, 0.25) is 0 Å². The third-order valence-electron chi connectivity index (χ3n) is 21.1. The van der Waals surface area contributed by atoms with Gasteiger partial charge in [0, 0.05) is 25.7 Å². The summed E-state index contributed by atoms with van der Waals surface area (Å²) >= 11 is 0. The number of carbonyl (C=O) groups is 4. The van der Waals surface area contributed by atoms with Gasteiger partial charge in [-0.05, 0) is 43.4 Å². The van der Waals surface area contributed by atoms with E-state index in [1.165, 1.54) is 257 Å². The molecule has 0 saturated carbocycles. The predicted molar refractivity (Wildman–Crippen MR) is 437 cm³/mol. The Morgan fingerprint density at radius 2 is 0.481 bits per heavy atom. The van der Waals surface area contributed by atoms with Crippen molar-refractivity contribution in [3.63, 3.8) is 0 Å². The molecule has 17 nitrogen and oxygen atoms in total. The minimum atomic E-state index is -4.97. The number of ether oxygens (including phenoxy) is 4. The second-order valence-electron chi connectivity index (χ2n) is 32.2. The Kier molecular flexibility index (Phi) is 75.6. The van der Waals surface area contributed by atoms with Crippen LogP contribution in [0, 0.1) is 17.8 Å². The van der Waals surface area contributed by atoms with Gasteiger partial charge in [-0.2, -0.15) is 0 Å². The van der Waals surface area contributed by atoms with Gasteiger partial charge in [0.2, 0.25) is 0 Å². The SMILES string of the molecule is CCCCCCCCCC(=O)OC[C@H](COP(=O)(O)OC[C@H](O)COP(=O)(O)OC[C@@H](COC(=O)CCCCCCCCCCCCCCCCCCC(C)C)OC(=O)CCCCCCCCCCCCCCCCCCCCC(C)CC)OC(=O)CCCCCCCCCCCCCCCCC(C)CC. The number of hydrogen-bond acceptors (Lipinski definition) is 15. The van der Waals surface area contributed by atoms with E-state index in [0.717, 1.165) is 120 Å². The number of phosphoric ester groups is 2. The lowest BCUT2D eigenvalue weighted by Gasteiger charge is -2.21. The van der Waals surface area contributed by atoms with Crippen molar-refractivity contribution in [3.8, 4) is 0 Å². The molecule has 0 amide bonds. The van der Waals surface area contributed by atoms with Gasteiger partial charge in [0.05, 0.1) is 26.4 Å². The second kappa shape index (κ2) is 77.0. The summed E-state index contributed by atoms with van der Waals surface area (Å²) in [6.07, 6.45) is 68.1. The van der Waals surface area contributed by atoms with Crippen LogP contribution in [0.1, 0.15) is 459 Å². The fourth-order valence-corrected chi connectivity index (χ4v) is 15.1. The highest BCUT2D eigenvalue weighted by atomic mass is 31.2. The molecule has 0 spiro atoms. The lowest BCUT2D eigenvalue weighted by atomic mass is 9.99. The van der Waals surface area contributed by atoms with E-state index in [9.17, 15) is 43.2 Å². The van der Waals surface area contributed by atoms with Crippen LogP contribution in [0.5, 0.6) is 0 Å². The molecule has 0 aliphatic carbocycles. The molecule has 0 aromatic carbocycles. The minimum absolute atomic E-state index is 0.107. The smallest absolute Gasteiger partial charge is 0.462 e. The zero-order valence-corrected chi connectivity index (χ0v) is 71.7. The highest BCUT2D eigenvalue weighted by Crippen LogP contribution is 2.45. The predicted octanol–water partition coefficient (Wildman–Crippen LogP) is 26.5. The van der Waals surface area contributed by atoms with Gasteiger partial charge < -0.3 is 33.8 Å². The number of hydrogen-bond donors (Lipinski definition) is 3. The van der Waals surface area contributed by atoms with E-state index < -0.39 is 97.5 Å². The van der Waals surface area contributed by atoms with Crippen LogP contribution in [0.4, 0.5) is 0 Å². The van der Waals surface area contributed by atoms with Crippen LogP contribution in [0.25, 0.3) is 0 Å². The summed E-state index contributed by atoms with van der Waals surface area (Å²) in [4.78, 5) is 73.1. The van der Waals surface area contributed by atoms with E-state index in [1.807, 2.05) is 0 Å². The molecule has 0 heterocycles. The van der Waals surface area contributed by atoms with Crippen molar-refractivity contribution in [2.45, 2.75) is 478 Å². The van der Waals surface area contributed by atoms with Crippen LogP contribution >= 0.6 is 15.6 Å². The maximum Gasteiger partial charge on any atom is 0.472 e. The Hall–Kier alpha value is -1.94. The van der Waals surface area contributed by atoms with Crippen LogP contribution < -0.4 is 0 Å². The molecule has 0 bridgehead atoms. The van der Waals surface area contributed by atoms with Crippen molar-refractivity contribution < 1.29 is 80.2 Å². The van der Waals surface area contributed by atoms with Crippen LogP contribution in [-0.4, -0.2) is 96.7 Å². The van der Waals surface area contributed by atoms with Crippen molar-refractivity contribution in [2.75, 3.05) is 39.6 Å². The number of unbranched alkanes of at least 4 members (excludes halogenated alkanes) is 51. The Labute approximate surface area is 651 Å². The summed E-state index contributed by atoms with van der Waals surface area (Å²) < 4.78 is 68.8. The van der Waals surface area contributed by atoms with Crippen molar-refractivity contribution in [3.05, 3.63) is 0 Å². The average molecular weight is 1550 g/mol. The van der Waals surface area contributed by atoms with Crippen molar-refractivity contribution in [1.82, 2.24) is 0 Å². The maximum absolute atomic E-state index is 13.1. The number of phosphoric acid groups is 2. The Morgan fingerprint density at radius 3 is 0.717 bits per heavy atom. The van der Waals surface area contributed by atoms with Gasteiger partial charge in [-0.15, -0.1) is 0 Å². The summed E-state index contributed by atoms with van der Waals surface area (Å²) in [6, 6.07) is 0. The average Bonchev–Trinajstić information content (AvgIpc) is 0.898. The molecular formula is C87H170O17P2. The first-order chi connectivity index (χ1) is 51.3. The lowest BCUT2D eigenvalue weighted by Crippen LogP contribution is -2.30. The molecule has 19 heteroatoms. The summed E-state index contributed by atoms with van der Waals surface area (Å²) in [6.45, 7) is 12.1. The first-order valence-corrected chi connectivity index (χ1v) is 47.9. The quantitative estimate of drug-likeness (QED) is 0.0222. The van der Waals surface area contributed by atoms with Crippen LogP contribution in [0.15, 0.2) is 0 Å². The molecule has 0 rings (SSSR count). The largest absolute Gasteiger partial charge is 0.472 e. The van der Waals surface area contributed by atoms with Gasteiger partial charge in [-0.1, -0.05) is 408 Å². The molecule has 0 fully saturated rings. The summed E-state index contributed by atoms with van der Waals surface area (Å²) in [5.74, 6) is 0.422. The van der Waals surface area contributed by atoms with Crippen molar-refractivity contribution in [1.29, 1.82) is 0 Å². The Balaban J connectivity index is 5.16. The monoisotopic (exact) mass is 1550 g/mol. The standard InChI is InChI=1S/C87H170O17P2/c1-8-11-12-13-44-54-61-68-84(89)97-74-82(103-86(91)70-64-57-50-43-37-31-25-24-28-34-40-47-53-60-67-80(7)10-3)76-101-105(93,94)99-72-81(88)73-100-106(95,96)102-77-83(75-98-85(90)69-62-55-48-41-35-29-22-19-18-20-26-32-38-45-51-58-65-78(4)5)104-87(92)71-63-56-49-42-36-30-23-17-15-14-16-21-27-33-39-46-52-59-66-79(6)9-2/h78-83,88H,8-77H2,1-7H3,(H,93,94)(H,95,96)/t79?,80?,81-,82+,83+/m0/s1. The third-order valence-corrected chi connectivity index (χ3v) is 23.0. The Morgan fingerprint density at radius 1 is 0.274 bits per heavy atom. The first kappa shape index (κ1) is 104. The number of esters is 4. The lowest BCUT2D eigenvalue weighted by molar-refractivity contribution is -0.161. The number of rotatable bonds is 85. The third kappa shape index (κ3) is 77.4. The van der Waals surface area contributed by atoms with E-state index in [-0.39, 0.29) is 25.7 Å². The van der Waals surface area contributed by atoms with Crippen LogP contribution in [-0.2, 0) is 65.4 Å². The minimum Gasteiger partial charge on any atom is -0.462 e. The molecule has 0 aliphatic heterocycles. The van der Waals surface area contributed by atoms with Crippen molar-refractivity contribution >= 4 is 39.5 Å². The molecule has 3 N–H and O–H groups in total. The summed E-state index contributed by atoms with van der Waals surface area (Å²) in [5.41, 5.74) is 0. The fourth-order valence-electron chi connectivity index (χ4n) is 13.5. The zero-order valence-electron chi connectivity index (χ0n) is 69.9. The molecular weight excluding hydrogens is 1380 g/mol. The second-order valence-corrected chi connectivity index (χ2v) is 35.1. The topological polar surface area (TPSA) is 237 Å². The maximum atomic E-state index is 13.1. The van der Waals surface area contributed by atoms with Crippen LogP contribution in [0.3, 0.4) is 0 Å². The molecule has 0 saturated heterocycles. The van der Waals surface area contributed by atoms with Gasteiger partial charge >= 0.3 is 39.5 Å². The molecule has 7 atom stereocenters. The van der Waals surface area contributed by atoms with Crippen molar-refractivity contribution in [2.24, 2.45) is 17.8 Å². The molecule has 4 unspecified atom stereocenters. The molecule has 0 aromatic rings. The first-order valence-electron chi connectivity index (χ1n) is 44.9. The van der Waals surface area contributed by atoms with Gasteiger partial charge in [-0.25, -0.2) is 9.13 Å². The normalized spacial score (nSPS) is 14.4. The number of aliphatic hydroxyl groups is 1. The summed E-state index contributed by atoms with van der Waals surface area (Å²) in [5, 5.41) is 10.7. The number of aliphatic hydroxyl groups excluding tert-OH is 1. The van der Waals surface area contributed by atoms with E-state index in [1.54, 1.807) is 0 Å². The molecule has 630 valence electrons. The zero-order chi connectivity index (χ0) is 77.9. The molecule has 0 aromatic heterocycles. The highest BCUT2D eigenvalue weighted by Gasteiger charge is 2.31. The van der Waals surface area contributed by atoms with Gasteiger partial charge in [0.1, 0.15) is 19.3 Å². The Bertz CT molecular complexity index is 2050. The van der Waals surface area contributed by atoms with E-state index in [4.69, 9.17) is 37.0 Å². The number of carbonyl (C=O) groups excluding carboxylic acids is 4. The molecule has 0 aliphatic rings. The molecule has 0 radical (unpaired) electrons. The van der Waals surface area contributed by atoms with E-state index in [2.05, 4.69) is 48.5 Å². The van der Waals surface area contributed by atoms with E-state index in [0.29, 0.717) is 25.7 Å². The fraction of sp³-hybridized carbons (Fsp3) is 0.954. The van der Waals surface area contributed by atoms with E-state index >= 15 is 0 Å². The van der Waals surface area contributed by atoms with Gasteiger partial charge in [0.25, 0.3) is 0 Å². The van der Waals surface area contributed by atoms with Gasteiger partial charge in [-0.3, -0.25) is 37.3 Å². The van der Waals surface area contributed by atoms with Gasteiger partial charge in [0.15, 0.2) is 12.2 Å². The highest BCUT2D eigenvalue weighted by molar-refractivity contribution is 7.47.